The topological polar surface area (TPSA) is 72.2 Å². The van der Waals surface area contributed by atoms with Crippen LogP contribution in [0.5, 0.6) is 0 Å². The van der Waals surface area contributed by atoms with Crippen LogP contribution in [-0.2, 0) is 0 Å². The molecule has 0 radical (unpaired) electrons. The van der Waals surface area contributed by atoms with Gasteiger partial charge in [-0.3, -0.25) is 9.59 Å². The summed E-state index contributed by atoms with van der Waals surface area (Å²) in [6, 6.07) is 20.0. The number of amides is 1. The molecule has 1 N–H and O–H groups in total. The second-order valence-electron chi connectivity index (χ2n) is 6.70. The quantitative estimate of drug-likeness (QED) is 0.498. The minimum atomic E-state index is -0.242. The van der Waals surface area contributed by atoms with E-state index >= 15 is 0 Å². The summed E-state index contributed by atoms with van der Waals surface area (Å²) in [7, 11) is 0. The smallest absolute Gasteiger partial charge is 0.255 e. The number of nitrogens with zero attached hydrogens (tertiary/aromatic N) is 1. The van der Waals surface area contributed by atoms with Gasteiger partial charge >= 0.3 is 0 Å². The Hall–Kier alpha value is -3.73. The zero-order valence-corrected chi connectivity index (χ0v) is 15.5. The van der Waals surface area contributed by atoms with Gasteiger partial charge < -0.3 is 9.84 Å². The van der Waals surface area contributed by atoms with E-state index in [0.717, 1.165) is 16.5 Å². The number of anilines is 1. The van der Waals surface area contributed by atoms with Crippen molar-refractivity contribution in [3.63, 3.8) is 0 Å². The maximum atomic E-state index is 12.7. The van der Waals surface area contributed by atoms with E-state index in [9.17, 15) is 9.59 Å². The maximum absolute atomic E-state index is 12.7. The first-order chi connectivity index (χ1) is 13.5. The number of carbonyl (C=O) groups excluding carboxylic acids is 2. The lowest BCUT2D eigenvalue weighted by molar-refractivity contribution is 0.101. The first kappa shape index (κ1) is 17.7. The normalized spacial score (nSPS) is 10.8. The Morgan fingerprint density at radius 2 is 1.57 bits per heavy atom. The Balaban J connectivity index is 1.63. The molecule has 0 aliphatic carbocycles. The Morgan fingerprint density at radius 3 is 2.25 bits per heavy atom. The highest BCUT2D eigenvalue weighted by atomic mass is 16.5. The third kappa shape index (κ3) is 3.42. The summed E-state index contributed by atoms with van der Waals surface area (Å²) in [5.41, 5.74) is 4.48. The van der Waals surface area contributed by atoms with Crippen LogP contribution >= 0.6 is 0 Å². The van der Waals surface area contributed by atoms with Crippen molar-refractivity contribution in [2.24, 2.45) is 0 Å². The van der Waals surface area contributed by atoms with E-state index in [1.165, 1.54) is 6.92 Å². The fraction of sp³-hybridized carbons (Fsp3) is 0.0870. The Morgan fingerprint density at radius 1 is 0.893 bits per heavy atom. The zero-order chi connectivity index (χ0) is 19.7. The van der Waals surface area contributed by atoms with Gasteiger partial charge in [0.05, 0.1) is 5.39 Å². The number of rotatable bonds is 4. The highest BCUT2D eigenvalue weighted by Crippen LogP contribution is 2.29. The molecule has 4 rings (SSSR count). The molecule has 1 aromatic heterocycles. The van der Waals surface area contributed by atoms with Gasteiger partial charge in [-0.15, -0.1) is 0 Å². The van der Waals surface area contributed by atoms with Crippen molar-refractivity contribution in [2.75, 3.05) is 5.32 Å². The molecule has 0 bridgehead atoms. The summed E-state index contributed by atoms with van der Waals surface area (Å²) in [5.74, 6) is 0.378. The molecule has 138 valence electrons. The van der Waals surface area contributed by atoms with Gasteiger partial charge in [-0.25, -0.2) is 0 Å². The van der Waals surface area contributed by atoms with Gasteiger partial charge in [0.1, 0.15) is 5.52 Å². The number of Topliss-reactive ketones (excluding diaryl/α,β-unsaturated/α-hetero) is 1. The Kier molecular flexibility index (Phi) is 4.49. The molecule has 0 spiro atoms. The highest BCUT2D eigenvalue weighted by molar-refractivity contribution is 6.07. The third-order valence-electron chi connectivity index (χ3n) is 4.60. The second kappa shape index (κ2) is 7.12. The summed E-state index contributed by atoms with van der Waals surface area (Å²) in [5, 5.41) is 7.72. The lowest BCUT2D eigenvalue weighted by Crippen LogP contribution is -2.11. The summed E-state index contributed by atoms with van der Waals surface area (Å²) in [6.45, 7) is 3.53. The van der Waals surface area contributed by atoms with Crippen molar-refractivity contribution < 1.29 is 14.1 Å². The van der Waals surface area contributed by atoms with Gasteiger partial charge in [0.25, 0.3) is 5.91 Å². The van der Waals surface area contributed by atoms with Gasteiger partial charge in [-0.05, 0) is 56.3 Å². The fourth-order valence-corrected chi connectivity index (χ4v) is 2.99. The van der Waals surface area contributed by atoms with E-state index < -0.39 is 0 Å². The van der Waals surface area contributed by atoms with E-state index in [0.29, 0.717) is 28.1 Å². The van der Waals surface area contributed by atoms with Crippen LogP contribution in [0.2, 0.25) is 0 Å². The fourth-order valence-electron chi connectivity index (χ4n) is 2.99. The number of hydrogen-bond acceptors (Lipinski definition) is 4. The Bertz CT molecular complexity index is 1170. The van der Waals surface area contributed by atoms with Crippen LogP contribution in [0.15, 0.2) is 71.3 Å². The second-order valence-corrected chi connectivity index (χ2v) is 6.70. The summed E-state index contributed by atoms with van der Waals surface area (Å²) in [4.78, 5) is 24.0. The molecule has 28 heavy (non-hydrogen) atoms. The number of aryl methyl sites for hydroxylation is 1. The number of carbonyl (C=O) groups is 2. The molecule has 0 atom stereocenters. The first-order valence-corrected chi connectivity index (χ1v) is 8.90. The van der Waals surface area contributed by atoms with Crippen LogP contribution in [0, 0.1) is 6.92 Å². The lowest BCUT2D eigenvalue weighted by Gasteiger charge is -2.06. The van der Waals surface area contributed by atoms with E-state index in [1.807, 2.05) is 31.2 Å². The Labute approximate surface area is 162 Å². The molecule has 0 saturated carbocycles. The number of ketones is 1. The number of hydrogen-bond donors (Lipinski definition) is 1. The van der Waals surface area contributed by atoms with Crippen LogP contribution in [-0.4, -0.2) is 16.8 Å². The molecule has 0 aliphatic rings. The molecule has 3 aromatic carbocycles. The molecule has 0 fully saturated rings. The van der Waals surface area contributed by atoms with E-state index in [-0.39, 0.29) is 11.7 Å². The predicted molar refractivity (Wildman–Crippen MR) is 109 cm³/mol. The largest absolute Gasteiger partial charge is 0.355 e. The maximum Gasteiger partial charge on any atom is 0.255 e. The van der Waals surface area contributed by atoms with Crippen molar-refractivity contribution in [2.45, 2.75) is 13.8 Å². The van der Waals surface area contributed by atoms with Crippen LogP contribution < -0.4 is 5.32 Å². The summed E-state index contributed by atoms with van der Waals surface area (Å²) in [6.07, 6.45) is 0. The summed E-state index contributed by atoms with van der Waals surface area (Å²) < 4.78 is 5.52. The van der Waals surface area contributed by atoms with Crippen molar-refractivity contribution in [1.82, 2.24) is 5.16 Å². The molecule has 0 saturated heterocycles. The highest BCUT2D eigenvalue weighted by Gasteiger charge is 2.14. The number of fused-ring (bicyclic) bond motifs is 1. The number of benzene rings is 3. The van der Waals surface area contributed by atoms with Gasteiger partial charge in [0, 0.05) is 22.4 Å². The molecular formula is C23H18N2O3. The van der Waals surface area contributed by atoms with Crippen molar-refractivity contribution in [3.8, 4) is 11.3 Å². The molecule has 5 nitrogen and oxygen atoms in total. The SMILES string of the molecule is CC(=O)c1ccc(NC(=O)c2ccc3noc(-c4ccc(C)cc4)c3c2)cc1. The molecular weight excluding hydrogens is 352 g/mol. The molecule has 0 unspecified atom stereocenters. The molecule has 0 aliphatic heterocycles. The monoisotopic (exact) mass is 370 g/mol. The standard InChI is InChI=1S/C23H18N2O3/c1-14-3-5-17(6-4-14)22-20-13-18(9-12-21(20)25-28-22)23(27)24-19-10-7-16(8-11-19)15(2)26/h3-13H,1-2H3,(H,24,27). The lowest BCUT2D eigenvalue weighted by atomic mass is 10.0. The number of nitrogens with one attached hydrogen (secondary N) is 1. The van der Waals surface area contributed by atoms with E-state index in [4.69, 9.17) is 4.52 Å². The van der Waals surface area contributed by atoms with Crippen LogP contribution in [0.1, 0.15) is 33.2 Å². The first-order valence-electron chi connectivity index (χ1n) is 8.90. The van der Waals surface area contributed by atoms with Gasteiger partial charge in [0.15, 0.2) is 11.5 Å². The van der Waals surface area contributed by atoms with Crippen molar-refractivity contribution >= 4 is 28.3 Å². The van der Waals surface area contributed by atoms with Gasteiger partial charge in [-0.2, -0.15) is 0 Å². The minimum Gasteiger partial charge on any atom is -0.355 e. The van der Waals surface area contributed by atoms with E-state index in [2.05, 4.69) is 10.5 Å². The van der Waals surface area contributed by atoms with Crippen LogP contribution in [0.25, 0.3) is 22.2 Å². The van der Waals surface area contributed by atoms with Gasteiger partial charge in [-0.1, -0.05) is 35.0 Å². The average molecular weight is 370 g/mol. The zero-order valence-electron chi connectivity index (χ0n) is 15.5. The molecule has 1 amide bonds. The van der Waals surface area contributed by atoms with Crippen LogP contribution in [0.3, 0.4) is 0 Å². The summed E-state index contributed by atoms with van der Waals surface area (Å²) >= 11 is 0. The number of aromatic nitrogens is 1. The minimum absolute atomic E-state index is 0.0144. The predicted octanol–water partition coefficient (Wildman–Crippen LogP) is 5.26. The third-order valence-corrected chi connectivity index (χ3v) is 4.60. The van der Waals surface area contributed by atoms with Crippen molar-refractivity contribution in [3.05, 3.63) is 83.4 Å². The molecule has 5 heteroatoms. The van der Waals surface area contributed by atoms with E-state index in [1.54, 1.807) is 42.5 Å². The van der Waals surface area contributed by atoms with Crippen LogP contribution in [0.4, 0.5) is 5.69 Å². The van der Waals surface area contributed by atoms with Gasteiger partial charge in [0.2, 0.25) is 0 Å². The molecule has 1 heterocycles. The molecule has 4 aromatic rings. The average Bonchev–Trinajstić information content (AvgIpc) is 3.12. The van der Waals surface area contributed by atoms with Crippen molar-refractivity contribution in [1.29, 1.82) is 0 Å².